The molecule has 2 N–H and O–H groups in total. The van der Waals surface area contributed by atoms with Crippen molar-refractivity contribution in [1.82, 2.24) is 5.32 Å². The van der Waals surface area contributed by atoms with Gasteiger partial charge in [0.25, 0.3) is 0 Å². The second kappa shape index (κ2) is 5.19. The van der Waals surface area contributed by atoms with E-state index in [4.69, 9.17) is 5.26 Å². The van der Waals surface area contributed by atoms with Gasteiger partial charge >= 0.3 is 0 Å². The fraction of sp³-hybridized carbons (Fsp3) is 0.333. The van der Waals surface area contributed by atoms with Crippen molar-refractivity contribution in [2.24, 2.45) is 0 Å². The average Bonchev–Trinajstić information content (AvgIpc) is 2.34. The van der Waals surface area contributed by atoms with Crippen LogP contribution in [-0.4, -0.2) is 18.5 Å². The van der Waals surface area contributed by atoms with Crippen molar-refractivity contribution < 1.29 is 4.79 Å². The molecule has 88 valence electrons. The summed E-state index contributed by atoms with van der Waals surface area (Å²) in [6.07, 6.45) is 1.76. The van der Waals surface area contributed by atoms with Crippen molar-refractivity contribution in [2.45, 2.75) is 18.9 Å². The zero-order valence-corrected chi connectivity index (χ0v) is 10.8. The largest absolute Gasteiger partial charge is 0.373 e. The van der Waals surface area contributed by atoms with Crippen LogP contribution in [0.3, 0.4) is 0 Å². The molecule has 0 radical (unpaired) electrons. The number of hydrogen-bond acceptors (Lipinski definition) is 3. The van der Waals surface area contributed by atoms with E-state index in [9.17, 15) is 4.79 Å². The molecular formula is C12H12BrN3O. The highest BCUT2D eigenvalue weighted by Crippen LogP contribution is 2.22. The Morgan fingerprint density at radius 2 is 2.35 bits per heavy atom. The van der Waals surface area contributed by atoms with E-state index in [2.05, 4.69) is 32.6 Å². The van der Waals surface area contributed by atoms with E-state index in [1.807, 2.05) is 12.1 Å². The molecule has 0 spiro atoms. The number of halogens is 1. The van der Waals surface area contributed by atoms with Crippen LogP contribution in [-0.2, 0) is 4.79 Å². The Labute approximate surface area is 108 Å². The third-order valence-corrected chi connectivity index (χ3v) is 3.21. The molecule has 1 saturated heterocycles. The number of carbonyl (C=O) groups is 1. The number of nitrogens with zero attached hydrogens (tertiary/aromatic N) is 1. The average molecular weight is 294 g/mol. The number of nitrogens with one attached hydrogen (secondary N) is 2. The maximum Gasteiger partial charge on any atom is 0.242 e. The van der Waals surface area contributed by atoms with Crippen molar-refractivity contribution >= 4 is 27.5 Å². The van der Waals surface area contributed by atoms with Crippen LogP contribution in [0, 0.1) is 11.3 Å². The molecule has 1 amide bonds. The number of nitriles is 1. The predicted octanol–water partition coefficient (Wildman–Crippen LogP) is 2.01. The molecule has 4 nitrogen and oxygen atoms in total. The van der Waals surface area contributed by atoms with Crippen molar-refractivity contribution in [1.29, 1.82) is 5.26 Å². The standard InChI is InChI=1S/C12H12BrN3O/c13-9-3-4-10(8(6-9)7-14)16-11-2-1-5-15-12(11)17/h3-4,6,11,16H,1-2,5H2,(H,15,17). The molecule has 0 bridgehead atoms. The number of hydrogen-bond donors (Lipinski definition) is 2. The molecule has 17 heavy (non-hydrogen) atoms. The molecule has 2 rings (SSSR count). The number of rotatable bonds is 2. The van der Waals surface area contributed by atoms with Gasteiger partial charge in [0.05, 0.1) is 11.3 Å². The van der Waals surface area contributed by atoms with Crippen molar-refractivity contribution in [3.05, 3.63) is 28.2 Å². The lowest BCUT2D eigenvalue weighted by Gasteiger charge is -2.24. The molecule has 1 aromatic rings. The molecule has 0 aliphatic carbocycles. The summed E-state index contributed by atoms with van der Waals surface area (Å²) < 4.78 is 0.854. The molecule has 1 unspecified atom stereocenters. The topological polar surface area (TPSA) is 64.9 Å². The second-order valence-corrected chi connectivity index (χ2v) is 4.85. The van der Waals surface area contributed by atoms with Gasteiger partial charge in [-0.05, 0) is 31.0 Å². The van der Waals surface area contributed by atoms with E-state index in [1.165, 1.54) is 0 Å². The van der Waals surface area contributed by atoms with Gasteiger partial charge in [-0.15, -0.1) is 0 Å². The van der Waals surface area contributed by atoms with Gasteiger partial charge in [0.2, 0.25) is 5.91 Å². The van der Waals surface area contributed by atoms with Gasteiger partial charge in [-0.25, -0.2) is 0 Å². The van der Waals surface area contributed by atoms with Crippen LogP contribution >= 0.6 is 15.9 Å². The van der Waals surface area contributed by atoms with Crippen LogP contribution in [0.5, 0.6) is 0 Å². The Morgan fingerprint density at radius 3 is 3.06 bits per heavy atom. The van der Waals surface area contributed by atoms with E-state index in [0.717, 1.165) is 23.9 Å². The number of amides is 1. The fourth-order valence-corrected chi connectivity index (χ4v) is 2.19. The van der Waals surface area contributed by atoms with Gasteiger partial charge in [-0.3, -0.25) is 4.79 Å². The first-order valence-corrected chi connectivity index (χ1v) is 6.24. The summed E-state index contributed by atoms with van der Waals surface area (Å²) in [6, 6.07) is 7.28. The summed E-state index contributed by atoms with van der Waals surface area (Å²) in [5.74, 6) is 0.00283. The molecule has 1 aliphatic heterocycles. The molecule has 0 saturated carbocycles. The Morgan fingerprint density at radius 1 is 1.53 bits per heavy atom. The summed E-state index contributed by atoms with van der Waals surface area (Å²) in [6.45, 7) is 0.739. The first-order valence-electron chi connectivity index (χ1n) is 5.44. The van der Waals surface area contributed by atoms with Crippen LogP contribution in [0.25, 0.3) is 0 Å². The van der Waals surface area contributed by atoms with Crippen LogP contribution in [0.2, 0.25) is 0 Å². The number of benzene rings is 1. The third-order valence-electron chi connectivity index (χ3n) is 2.72. The lowest BCUT2D eigenvalue weighted by molar-refractivity contribution is -0.123. The van der Waals surface area contributed by atoms with Crippen LogP contribution < -0.4 is 10.6 Å². The van der Waals surface area contributed by atoms with Crippen molar-refractivity contribution in [3.8, 4) is 6.07 Å². The number of carbonyl (C=O) groups excluding carboxylic acids is 1. The van der Waals surface area contributed by atoms with Crippen LogP contribution in [0.15, 0.2) is 22.7 Å². The summed E-state index contributed by atoms with van der Waals surface area (Å²) in [7, 11) is 0. The Bertz CT molecular complexity index is 481. The summed E-state index contributed by atoms with van der Waals surface area (Å²) in [5, 5.41) is 15.0. The smallest absolute Gasteiger partial charge is 0.242 e. The van der Waals surface area contributed by atoms with Gasteiger partial charge < -0.3 is 10.6 Å². The SMILES string of the molecule is N#Cc1cc(Br)ccc1NC1CCCNC1=O. The van der Waals surface area contributed by atoms with E-state index in [-0.39, 0.29) is 11.9 Å². The van der Waals surface area contributed by atoms with Gasteiger partial charge in [0, 0.05) is 11.0 Å². The number of anilines is 1. The minimum atomic E-state index is -0.239. The molecular weight excluding hydrogens is 282 g/mol. The summed E-state index contributed by atoms with van der Waals surface area (Å²) in [4.78, 5) is 11.6. The Balaban J connectivity index is 2.18. The van der Waals surface area contributed by atoms with Gasteiger partial charge in [0.15, 0.2) is 0 Å². The lowest BCUT2D eigenvalue weighted by Crippen LogP contribution is -2.44. The molecule has 5 heteroatoms. The van der Waals surface area contributed by atoms with E-state index in [0.29, 0.717) is 11.3 Å². The quantitative estimate of drug-likeness (QED) is 0.877. The molecule has 1 aromatic carbocycles. The maximum atomic E-state index is 11.6. The summed E-state index contributed by atoms with van der Waals surface area (Å²) >= 11 is 3.32. The number of piperidine rings is 1. The van der Waals surface area contributed by atoms with Gasteiger partial charge in [0.1, 0.15) is 12.1 Å². The molecule has 1 fully saturated rings. The van der Waals surface area contributed by atoms with Crippen LogP contribution in [0.1, 0.15) is 18.4 Å². The minimum absolute atomic E-state index is 0.00283. The Hall–Kier alpha value is -1.54. The van der Waals surface area contributed by atoms with Crippen molar-refractivity contribution in [2.75, 3.05) is 11.9 Å². The van der Waals surface area contributed by atoms with Crippen molar-refractivity contribution in [3.63, 3.8) is 0 Å². The lowest BCUT2D eigenvalue weighted by atomic mass is 10.1. The van der Waals surface area contributed by atoms with E-state index < -0.39 is 0 Å². The molecule has 0 aromatic heterocycles. The normalized spacial score (nSPS) is 19.3. The highest BCUT2D eigenvalue weighted by atomic mass is 79.9. The third kappa shape index (κ3) is 2.77. The maximum absolute atomic E-state index is 11.6. The molecule has 1 atom stereocenters. The molecule has 1 heterocycles. The van der Waals surface area contributed by atoms with E-state index >= 15 is 0 Å². The van der Waals surface area contributed by atoms with E-state index in [1.54, 1.807) is 6.07 Å². The predicted molar refractivity (Wildman–Crippen MR) is 68.5 cm³/mol. The minimum Gasteiger partial charge on any atom is -0.373 e. The zero-order chi connectivity index (χ0) is 12.3. The van der Waals surface area contributed by atoms with Crippen LogP contribution in [0.4, 0.5) is 5.69 Å². The monoisotopic (exact) mass is 293 g/mol. The fourth-order valence-electron chi connectivity index (χ4n) is 1.83. The first-order chi connectivity index (χ1) is 8.20. The first kappa shape index (κ1) is 11.9. The van der Waals surface area contributed by atoms with Gasteiger partial charge in [-0.1, -0.05) is 15.9 Å². The summed E-state index contributed by atoms with van der Waals surface area (Å²) in [5.41, 5.74) is 1.25. The highest BCUT2D eigenvalue weighted by molar-refractivity contribution is 9.10. The molecule has 1 aliphatic rings. The Kier molecular flexibility index (Phi) is 3.64. The van der Waals surface area contributed by atoms with Gasteiger partial charge in [-0.2, -0.15) is 5.26 Å². The zero-order valence-electron chi connectivity index (χ0n) is 9.16. The second-order valence-electron chi connectivity index (χ2n) is 3.93. The highest BCUT2D eigenvalue weighted by Gasteiger charge is 2.22.